The zero-order chi connectivity index (χ0) is 20.6. The predicted octanol–water partition coefficient (Wildman–Crippen LogP) is 4.31. The number of esters is 1. The Morgan fingerprint density at radius 1 is 1.00 bits per heavy atom. The Hall–Kier alpha value is -2.93. The van der Waals surface area contributed by atoms with Gasteiger partial charge >= 0.3 is 5.97 Å². The van der Waals surface area contributed by atoms with Crippen molar-refractivity contribution >= 4 is 34.9 Å². The number of benzene rings is 2. The van der Waals surface area contributed by atoms with Gasteiger partial charge in [-0.25, -0.2) is 4.79 Å². The van der Waals surface area contributed by atoms with Crippen molar-refractivity contribution in [1.82, 2.24) is 5.32 Å². The van der Waals surface area contributed by atoms with Crippen LogP contribution in [0, 0.1) is 0 Å². The lowest BCUT2D eigenvalue weighted by atomic mass is 9.98. The molecule has 0 atom stereocenters. The van der Waals surface area contributed by atoms with Crippen molar-refractivity contribution in [3.63, 3.8) is 0 Å². The quantitative estimate of drug-likeness (QED) is 0.563. The Labute approximate surface area is 175 Å². The van der Waals surface area contributed by atoms with E-state index in [2.05, 4.69) is 10.6 Å². The number of hydrogen-bond donors (Lipinski definition) is 2. The largest absolute Gasteiger partial charge is 0.496 e. The monoisotopic (exact) mass is 412 g/mol. The molecule has 3 rings (SSSR count). The van der Waals surface area contributed by atoms with Gasteiger partial charge in [0.2, 0.25) is 0 Å². The molecule has 0 radical (unpaired) electrons. The van der Waals surface area contributed by atoms with Gasteiger partial charge in [0.25, 0.3) is 5.91 Å². The van der Waals surface area contributed by atoms with Crippen molar-refractivity contribution in [1.29, 1.82) is 0 Å². The van der Waals surface area contributed by atoms with Crippen LogP contribution in [0.5, 0.6) is 5.75 Å². The molecule has 1 aliphatic rings. The molecule has 0 saturated heterocycles. The third-order valence-electron chi connectivity index (χ3n) is 4.78. The average Bonchev–Trinajstić information content (AvgIpc) is 2.74. The third-order valence-corrected chi connectivity index (χ3v) is 4.99. The summed E-state index contributed by atoms with van der Waals surface area (Å²) in [5.41, 5.74) is 1.54. The molecule has 6 nitrogen and oxygen atoms in total. The van der Waals surface area contributed by atoms with E-state index in [9.17, 15) is 9.59 Å². The first-order chi connectivity index (χ1) is 14.1. The Morgan fingerprint density at radius 3 is 2.38 bits per heavy atom. The zero-order valence-corrected chi connectivity index (χ0v) is 17.1. The van der Waals surface area contributed by atoms with E-state index in [0.29, 0.717) is 22.6 Å². The van der Waals surface area contributed by atoms with Crippen molar-refractivity contribution in [2.75, 3.05) is 12.4 Å². The van der Waals surface area contributed by atoms with Gasteiger partial charge in [-0.1, -0.05) is 18.6 Å². The second kappa shape index (κ2) is 10.0. The summed E-state index contributed by atoms with van der Waals surface area (Å²) in [5, 5.41) is 5.71. The number of nitrogens with one attached hydrogen (secondary N) is 2. The highest BCUT2D eigenvalue weighted by Gasteiger charge is 2.19. The lowest BCUT2D eigenvalue weighted by Crippen LogP contribution is -2.34. The van der Waals surface area contributed by atoms with E-state index in [-0.39, 0.29) is 23.1 Å². The topological polar surface area (TPSA) is 76.7 Å². The number of amides is 1. The molecule has 1 saturated carbocycles. The SMILES string of the molecule is COc1ccccc1C(=O)NC(=S)Nc1ccc(C(=O)OC2CCCCC2)cc1. The zero-order valence-electron chi connectivity index (χ0n) is 16.3. The molecule has 2 aromatic rings. The first kappa shape index (κ1) is 20.8. The first-order valence-electron chi connectivity index (χ1n) is 9.63. The number of anilines is 1. The van der Waals surface area contributed by atoms with E-state index in [1.165, 1.54) is 13.5 Å². The van der Waals surface area contributed by atoms with Gasteiger partial charge in [0, 0.05) is 5.69 Å². The summed E-state index contributed by atoms with van der Waals surface area (Å²) in [5.74, 6) is -0.211. The maximum atomic E-state index is 12.4. The lowest BCUT2D eigenvalue weighted by molar-refractivity contribution is 0.0211. The van der Waals surface area contributed by atoms with Crippen LogP contribution < -0.4 is 15.4 Å². The van der Waals surface area contributed by atoms with Crippen LogP contribution in [-0.4, -0.2) is 30.2 Å². The van der Waals surface area contributed by atoms with Crippen molar-refractivity contribution in [3.8, 4) is 5.75 Å². The van der Waals surface area contributed by atoms with Crippen LogP contribution in [0.4, 0.5) is 5.69 Å². The van der Waals surface area contributed by atoms with Gasteiger partial charge in [0.15, 0.2) is 5.11 Å². The van der Waals surface area contributed by atoms with Crippen LogP contribution >= 0.6 is 12.2 Å². The number of carbonyl (C=O) groups is 2. The fraction of sp³-hybridized carbons (Fsp3) is 0.318. The van der Waals surface area contributed by atoms with Gasteiger partial charge in [-0.15, -0.1) is 0 Å². The summed E-state index contributed by atoms with van der Waals surface area (Å²) in [6, 6.07) is 13.7. The molecule has 0 unspecified atom stereocenters. The molecule has 1 fully saturated rings. The normalized spacial score (nSPS) is 14.0. The molecule has 0 aliphatic heterocycles. The molecule has 0 aromatic heterocycles. The molecular formula is C22H24N2O4S. The highest BCUT2D eigenvalue weighted by Crippen LogP contribution is 2.22. The van der Waals surface area contributed by atoms with Gasteiger partial charge < -0.3 is 14.8 Å². The van der Waals surface area contributed by atoms with Crippen LogP contribution in [0.1, 0.15) is 52.8 Å². The maximum absolute atomic E-state index is 12.4. The minimum atomic E-state index is -0.368. The van der Waals surface area contributed by atoms with Crippen LogP contribution in [0.15, 0.2) is 48.5 Å². The predicted molar refractivity (Wildman–Crippen MR) is 115 cm³/mol. The molecule has 7 heteroatoms. The van der Waals surface area contributed by atoms with E-state index in [1.54, 1.807) is 48.5 Å². The summed E-state index contributed by atoms with van der Waals surface area (Å²) in [7, 11) is 1.50. The van der Waals surface area contributed by atoms with E-state index in [4.69, 9.17) is 21.7 Å². The summed E-state index contributed by atoms with van der Waals surface area (Å²) < 4.78 is 10.8. The summed E-state index contributed by atoms with van der Waals surface area (Å²) in [6.45, 7) is 0. The van der Waals surface area contributed by atoms with Crippen molar-refractivity contribution in [2.24, 2.45) is 0 Å². The molecule has 0 bridgehead atoms. The Balaban J connectivity index is 1.54. The van der Waals surface area contributed by atoms with Gasteiger partial charge in [-0.05, 0) is 74.3 Å². The lowest BCUT2D eigenvalue weighted by Gasteiger charge is -2.21. The molecule has 1 amide bonds. The number of thiocarbonyl (C=S) groups is 1. The molecule has 0 spiro atoms. The smallest absolute Gasteiger partial charge is 0.338 e. The highest BCUT2D eigenvalue weighted by molar-refractivity contribution is 7.80. The summed E-state index contributed by atoms with van der Waals surface area (Å²) in [4.78, 5) is 24.6. The van der Waals surface area contributed by atoms with Crippen molar-refractivity contribution in [3.05, 3.63) is 59.7 Å². The molecule has 2 aromatic carbocycles. The van der Waals surface area contributed by atoms with E-state index in [1.807, 2.05) is 0 Å². The van der Waals surface area contributed by atoms with Crippen molar-refractivity contribution in [2.45, 2.75) is 38.2 Å². The van der Waals surface area contributed by atoms with Crippen LogP contribution in [-0.2, 0) is 4.74 Å². The Morgan fingerprint density at radius 2 is 1.69 bits per heavy atom. The van der Waals surface area contributed by atoms with Crippen LogP contribution in [0.25, 0.3) is 0 Å². The fourth-order valence-corrected chi connectivity index (χ4v) is 3.47. The molecule has 152 valence electrons. The third kappa shape index (κ3) is 5.77. The standard InChI is InChI=1S/C22H24N2O4S/c1-27-19-10-6-5-9-18(19)20(25)24-22(29)23-16-13-11-15(12-14-16)21(26)28-17-7-3-2-4-8-17/h5-6,9-14,17H,2-4,7-8H2,1H3,(H2,23,24,25,29). The second-order valence-electron chi connectivity index (χ2n) is 6.85. The highest BCUT2D eigenvalue weighted by atomic mass is 32.1. The number of carbonyl (C=O) groups excluding carboxylic acids is 2. The van der Waals surface area contributed by atoms with Gasteiger partial charge in [0.1, 0.15) is 11.9 Å². The fourth-order valence-electron chi connectivity index (χ4n) is 3.26. The number of methoxy groups -OCH3 is 1. The molecule has 29 heavy (non-hydrogen) atoms. The summed E-state index contributed by atoms with van der Waals surface area (Å²) >= 11 is 5.21. The number of ether oxygens (including phenoxy) is 2. The molecule has 2 N–H and O–H groups in total. The Kier molecular flexibility index (Phi) is 7.19. The van der Waals surface area contributed by atoms with Crippen LogP contribution in [0.3, 0.4) is 0 Å². The van der Waals surface area contributed by atoms with Gasteiger partial charge in [0.05, 0.1) is 18.2 Å². The first-order valence-corrected chi connectivity index (χ1v) is 10.0. The average molecular weight is 413 g/mol. The summed E-state index contributed by atoms with van der Waals surface area (Å²) in [6.07, 6.45) is 5.32. The number of para-hydroxylation sites is 1. The minimum absolute atomic E-state index is 0.0202. The van der Waals surface area contributed by atoms with Crippen LogP contribution in [0.2, 0.25) is 0 Å². The minimum Gasteiger partial charge on any atom is -0.496 e. The van der Waals surface area contributed by atoms with Gasteiger partial charge in [-0.3, -0.25) is 10.1 Å². The van der Waals surface area contributed by atoms with E-state index in [0.717, 1.165) is 25.7 Å². The molecule has 1 aliphatic carbocycles. The number of hydrogen-bond acceptors (Lipinski definition) is 5. The van der Waals surface area contributed by atoms with E-state index < -0.39 is 0 Å². The van der Waals surface area contributed by atoms with Gasteiger partial charge in [-0.2, -0.15) is 0 Å². The maximum Gasteiger partial charge on any atom is 0.338 e. The molecular weight excluding hydrogens is 388 g/mol. The number of rotatable bonds is 5. The van der Waals surface area contributed by atoms with E-state index >= 15 is 0 Å². The Bertz CT molecular complexity index is 877. The van der Waals surface area contributed by atoms with Crippen molar-refractivity contribution < 1.29 is 19.1 Å². The second-order valence-corrected chi connectivity index (χ2v) is 7.26. The molecule has 0 heterocycles.